The molecule has 3 rings (SSSR count). The molecule has 1 heterocycles. The van der Waals surface area contributed by atoms with Gasteiger partial charge >= 0.3 is 0 Å². The van der Waals surface area contributed by atoms with E-state index < -0.39 is 9.96 Å². The second-order valence-corrected chi connectivity index (χ2v) is 9.74. The maximum Gasteiger partial charge on any atom is 0.252 e. The Bertz CT molecular complexity index is 833. The Morgan fingerprint density at radius 1 is 1.06 bits per heavy atom. The highest BCUT2D eigenvalue weighted by molar-refractivity contribution is 6.68. The first-order valence-corrected chi connectivity index (χ1v) is 11.5. The van der Waals surface area contributed by atoms with E-state index in [0.29, 0.717) is 31.9 Å². The monoisotopic (exact) mass is 484 g/mol. The van der Waals surface area contributed by atoms with Gasteiger partial charge in [-0.15, -0.1) is 0 Å². The molecule has 0 aromatic heterocycles. The number of carbonyl (C=O) groups is 1. The van der Waals surface area contributed by atoms with E-state index in [4.69, 9.17) is 44.3 Å². The molecular formula is C23H27Cl3N2O3. The fourth-order valence-electron chi connectivity index (χ4n) is 3.32. The number of hydrogen-bond acceptors (Lipinski definition) is 4. The van der Waals surface area contributed by atoms with Crippen LogP contribution in [0, 0.1) is 0 Å². The molecule has 8 heteroatoms. The Morgan fingerprint density at radius 2 is 1.65 bits per heavy atom. The van der Waals surface area contributed by atoms with Gasteiger partial charge in [-0.05, 0) is 41.8 Å². The average Bonchev–Trinajstić information content (AvgIpc) is 2.78. The molecule has 0 bridgehead atoms. The quantitative estimate of drug-likeness (QED) is 0.408. The molecule has 1 aliphatic rings. The van der Waals surface area contributed by atoms with Gasteiger partial charge in [-0.25, -0.2) is 0 Å². The highest BCUT2D eigenvalue weighted by atomic mass is 35.6. The van der Waals surface area contributed by atoms with E-state index in [1.807, 2.05) is 41.3 Å². The summed E-state index contributed by atoms with van der Waals surface area (Å²) in [6.45, 7) is 5.08. The summed E-state index contributed by atoms with van der Waals surface area (Å²) >= 11 is 18.4. The summed E-state index contributed by atoms with van der Waals surface area (Å²) in [5.41, 5.74) is 2.54. The van der Waals surface area contributed by atoms with E-state index in [1.54, 1.807) is 12.1 Å². The molecule has 0 spiro atoms. The molecule has 168 valence electrons. The Labute approximate surface area is 198 Å². The summed E-state index contributed by atoms with van der Waals surface area (Å²) in [6.07, 6.45) is 1.40. The van der Waals surface area contributed by atoms with Crippen LogP contribution in [0.25, 0.3) is 11.1 Å². The van der Waals surface area contributed by atoms with Gasteiger partial charge in [0.1, 0.15) is 11.9 Å². The normalized spacial score (nSPS) is 16.0. The van der Waals surface area contributed by atoms with Crippen LogP contribution < -0.4 is 10.1 Å². The summed E-state index contributed by atoms with van der Waals surface area (Å²) < 4.78 is 9.39. The molecule has 1 N–H and O–H groups in total. The van der Waals surface area contributed by atoms with Gasteiger partial charge in [0.25, 0.3) is 5.91 Å². The number of alkyl halides is 3. The Kier molecular flexibility index (Phi) is 8.87. The lowest BCUT2D eigenvalue weighted by molar-refractivity contribution is 0.00996. The number of amides is 1. The molecule has 5 nitrogen and oxygen atoms in total. The minimum Gasteiger partial charge on any atom is -0.494 e. The molecule has 2 aromatic carbocycles. The minimum atomic E-state index is -1.66. The number of carbonyl (C=O) groups excluding carboxylic acids is 1. The van der Waals surface area contributed by atoms with E-state index in [2.05, 4.69) is 12.2 Å². The molecule has 2 aromatic rings. The lowest BCUT2D eigenvalue weighted by Gasteiger charge is -2.38. The molecule has 1 unspecified atom stereocenters. The first-order valence-electron chi connectivity index (χ1n) is 10.4. The maximum atomic E-state index is 12.8. The summed E-state index contributed by atoms with van der Waals surface area (Å²) in [4.78, 5) is 14.7. The fraction of sp³-hybridized carbons (Fsp3) is 0.435. The fourth-order valence-corrected chi connectivity index (χ4v) is 3.89. The Hall–Kier alpha value is -1.50. The highest BCUT2D eigenvalue weighted by Crippen LogP contribution is 2.33. The number of rotatable bonds is 8. The average molecular weight is 486 g/mol. The van der Waals surface area contributed by atoms with E-state index in [0.717, 1.165) is 36.3 Å². The van der Waals surface area contributed by atoms with Crippen LogP contribution in [0.5, 0.6) is 5.75 Å². The first-order chi connectivity index (χ1) is 14.9. The minimum absolute atomic E-state index is 0.297. The SMILES string of the molecule is CCCCOc1ccc(-c2ccc(C(=O)NC(N3CCOCC3)C(Cl)(Cl)Cl)cc2)cc1. The zero-order chi connectivity index (χ0) is 22.3. The molecule has 0 saturated carbocycles. The molecule has 1 aliphatic heterocycles. The second-order valence-electron chi connectivity index (χ2n) is 7.37. The van der Waals surface area contributed by atoms with Crippen molar-refractivity contribution in [2.45, 2.75) is 29.7 Å². The summed E-state index contributed by atoms with van der Waals surface area (Å²) in [5.74, 6) is 0.558. The largest absolute Gasteiger partial charge is 0.494 e. The number of halogens is 3. The number of nitrogens with one attached hydrogen (secondary N) is 1. The van der Waals surface area contributed by atoms with Crippen molar-refractivity contribution in [3.05, 3.63) is 54.1 Å². The number of ether oxygens (including phenoxy) is 2. The van der Waals surface area contributed by atoms with Gasteiger partial charge in [0.05, 0.1) is 19.8 Å². The zero-order valence-corrected chi connectivity index (χ0v) is 19.7. The van der Waals surface area contributed by atoms with Crippen LogP contribution in [0.1, 0.15) is 30.1 Å². The van der Waals surface area contributed by atoms with Crippen LogP contribution >= 0.6 is 34.8 Å². The van der Waals surface area contributed by atoms with Gasteiger partial charge in [-0.2, -0.15) is 0 Å². The van der Waals surface area contributed by atoms with Gasteiger partial charge in [-0.1, -0.05) is 72.4 Å². The third-order valence-electron chi connectivity index (χ3n) is 5.09. The molecule has 1 saturated heterocycles. The van der Waals surface area contributed by atoms with Gasteiger partial charge in [0.2, 0.25) is 3.79 Å². The molecule has 1 atom stereocenters. The number of nitrogens with zero attached hydrogens (tertiary/aromatic N) is 1. The summed E-state index contributed by atoms with van der Waals surface area (Å²) in [7, 11) is 0. The summed E-state index contributed by atoms with van der Waals surface area (Å²) in [6, 6.07) is 15.3. The highest BCUT2D eigenvalue weighted by Gasteiger charge is 2.39. The van der Waals surface area contributed by atoms with Crippen molar-refractivity contribution in [1.29, 1.82) is 0 Å². The molecular weight excluding hydrogens is 459 g/mol. The van der Waals surface area contributed by atoms with Crippen LogP contribution in [0.2, 0.25) is 0 Å². The van der Waals surface area contributed by atoms with Crippen LogP contribution in [-0.4, -0.2) is 53.7 Å². The van der Waals surface area contributed by atoms with Crippen LogP contribution in [-0.2, 0) is 4.74 Å². The number of benzene rings is 2. The van der Waals surface area contributed by atoms with E-state index in [-0.39, 0.29) is 5.91 Å². The Balaban J connectivity index is 1.65. The molecule has 31 heavy (non-hydrogen) atoms. The molecule has 0 aliphatic carbocycles. The van der Waals surface area contributed by atoms with E-state index >= 15 is 0 Å². The van der Waals surface area contributed by atoms with Gasteiger partial charge in [0.15, 0.2) is 0 Å². The number of hydrogen-bond donors (Lipinski definition) is 1. The van der Waals surface area contributed by atoms with Crippen molar-refractivity contribution in [3.8, 4) is 16.9 Å². The Morgan fingerprint density at radius 3 is 2.19 bits per heavy atom. The van der Waals surface area contributed by atoms with Crippen molar-refractivity contribution in [3.63, 3.8) is 0 Å². The predicted molar refractivity (Wildman–Crippen MR) is 126 cm³/mol. The van der Waals surface area contributed by atoms with Gasteiger partial charge in [0, 0.05) is 18.7 Å². The molecule has 0 radical (unpaired) electrons. The summed E-state index contributed by atoms with van der Waals surface area (Å²) in [5, 5.41) is 2.85. The molecule has 1 fully saturated rings. The van der Waals surface area contributed by atoms with E-state index in [1.165, 1.54) is 0 Å². The smallest absolute Gasteiger partial charge is 0.252 e. The number of morpholine rings is 1. The van der Waals surface area contributed by atoms with Crippen molar-refractivity contribution < 1.29 is 14.3 Å². The lowest BCUT2D eigenvalue weighted by Crippen LogP contribution is -2.58. The van der Waals surface area contributed by atoms with Gasteiger partial charge < -0.3 is 14.8 Å². The van der Waals surface area contributed by atoms with Crippen molar-refractivity contribution in [2.75, 3.05) is 32.9 Å². The second kappa shape index (κ2) is 11.4. The zero-order valence-electron chi connectivity index (χ0n) is 17.5. The van der Waals surface area contributed by atoms with Gasteiger partial charge in [-0.3, -0.25) is 9.69 Å². The van der Waals surface area contributed by atoms with Crippen LogP contribution in [0.3, 0.4) is 0 Å². The number of unbranched alkanes of at least 4 members (excludes halogenated alkanes) is 1. The van der Waals surface area contributed by atoms with E-state index in [9.17, 15) is 4.79 Å². The third kappa shape index (κ3) is 6.99. The topological polar surface area (TPSA) is 50.8 Å². The molecule has 1 amide bonds. The standard InChI is InChI=1S/C23H27Cl3N2O3/c1-2-3-14-31-20-10-8-18(9-11-20)17-4-6-19(7-5-17)21(29)27-22(23(24,25)26)28-12-15-30-16-13-28/h4-11,22H,2-3,12-16H2,1H3,(H,27,29). The maximum absolute atomic E-state index is 12.8. The first kappa shape index (κ1) is 24.1. The predicted octanol–water partition coefficient (Wildman–Crippen LogP) is 5.29. The van der Waals surface area contributed by atoms with Crippen LogP contribution in [0.15, 0.2) is 48.5 Å². The van der Waals surface area contributed by atoms with Crippen molar-refractivity contribution in [2.24, 2.45) is 0 Å². The van der Waals surface area contributed by atoms with Crippen molar-refractivity contribution in [1.82, 2.24) is 10.2 Å². The third-order valence-corrected chi connectivity index (χ3v) is 5.71. The van der Waals surface area contributed by atoms with Crippen molar-refractivity contribution >= 4 is 40.7 Å². The lowest BCUT2D eigenvalue weighted by atomic mass is 10.0. The van der Waals surface area contributed by atoms with Crippen LogP contribution in [0.4, 0.5) is 0 Å².